The molecule has 0 aromatic carbocycles. The molecule has 15 heavy (non-hydrogen) atoms. The van der Waals surface area contributed by atoms with Crippen molar-refractivity contribution in [3.8, 4) is 0 Å². The van der Waals surface area contributed by atoms with E-state index in [2.05, 4.69) is 49.5 Å². The Labute approximate surface area is 92.9 Å². The number of aromatic nitrogens is 2. The second-order valence-corrected chi connectivity index (χ2v) is 5.49. The predicted molar refractivity (Wildman–Crippen MR) is 65.2 cm³/mol. The molecule has 0 saturated heterocycles. The summed E-state index contributed by atoms with van der Waals surface area (Å²) in [5.41, 5.74) is 0.377. The molecule has 0 aliphatic carbocycles. The third-order valence-corrected chi connectivity index (χ3v) is 2.38. The van der Waals surface area contributed by atoms with Crippen LogP contribution in [-0.4, -0.2) is 16.1 Å². The van der Waals surface area contributed by atoms with Crippen LogP contribution in [0, 0.1) is 5.41 Å². The summed E-state index contributed by atoms with van der Waals surface area (Å²) in [5.74, 6) is 0.981. The summed E-state index contributed by atoms with van der Waals surface area (Å²) >= 11 is 0. The van der Waals surface area contributed by atoms with E-state index in [0.717, 1.165) is 18.9 Å². The summed E-state index contributed by atoms with van der Waals surface area (Å²) in [6.45, 7) is 12.1. The van der Waals surface area contributed by atoms with Crippen molar-refractivity contribution in [2.75, 3.05) is 11.9 Å². The van der Waals surface area contributed by atoms with E-state index in [9.17, 15) is 0 Å². The zero-order valence-corrected chi connectivity index (χ0v) is 10.5. The first-order valence-electron chi connectivity index (χ1n) is 5.67. The molecule has 0 atom stereocenters. The minimum atomic E-state index is 0.377. The van der Waals surface area contributed by atoms with E-state index in [1.807, 2.05) is 12.4 Å². The van der Waals surface area contributed by atoms with Crippen molar-refractivity contribution in [1.29, 1.82) is 0 Å². The quantitative estimate of drug-likeness (QED) is 0.824. The zero-order chi connectivity index (χ0) is 11.5. The Hall–Kier alpha value is -0.990. The van der Waals surface area contributed by atoms with E-state index in [0.29, 0.717) is 11.5 Å². The zero-order valence-electron chi connectivity index (χ0n) is 10.5. The van der Waals surface area contributed by atoms with Crippen LogP contribution >= 0.6 is 0 Å². The molecular formula is C12H23N3. The number of rotatable bonds is 4. The first-order valence-corrected chi connectivity index (χ1v) is 5.67. The standard InChI is InChI=1S/C12H23N3/c1-10(2)15-9-8-14-11(15)13-7-6-12(3,4)5/h8-10H,6-7H2,1-5H3,(H,13,14). The molecule has 86 valence electrons. The third-order valence-electron chi connectivity index (χ3n) is 2.38. The van der Waals surface area contributed by atoms with Gasteiger partial charge in [0.15, 0.2) is 0 Å². The maximum atomic E-state index is 4.31. The van der Waals surface area contributed by atoms with Crippen LogP contribution in [0.2, 0.25) is 0 Å². The molecule has 0 unspecified atom stereocenters. The number of nitrogens with one attached hydrogen (secondary N) is 1. The van der Waals surface area contributed by atoms with Gasteiger partial charge in [0.2, 0.25) is 5.95 Å². The van der Waals surface area contributed by atoms with Crippen LogP contribution in [-0.2, 0) is 0 Å². The molecule has 0 amide bonds. The number of imidazole rings is 1. The predicted octanol–water partition coefficient (Wildman–Crippen LogP) is 3.31. The van der Waals surface area contributed by atoms with E-state index >= 15 is 0 Å². The lowest BCUT2D eigenvalue weighted by Crippen LogP contribution is -2.15. The largest absolute Gasteiger partial charge is 0.356 e. The summed E-state index contributed by atoms with van der Waals surface area (Å²) < 4.78 is 2.16. The summed E-state index contributed by atoms with van der Waals surface area (Å²) in [7, 11) is 0. The van der Waals surface area contributed by atoms with Crippen LogP contribution in [0.1, 0.15) is 47.1 Å². The second-order valence-electron chi connectivity index (χ2n) is 5.49. The van der Waals surface area contributed by atoms with Gasteiger partial charge in [-0.2, -0.15) is 0 Å². The molecule has 0 bridgehead atoms. The molecule has 1 heterocycles. The normalized spacial score (nSPS) is 12.1. The van der Waals surface area contributed by atoms with E-state index in [4.69, 9.17) is 0 Å². The molecule has 1 N–H and O–H groups in total. The van der Waals surface area contributed by atoms with Gasteiger partial charge in [-0.3, -0.25) is 0 Å². The number of nitrogens with zero attached hydrogens (tertiary/aromatic N) is 2. The number of hydrogen-bond acceptors (Lipinski definition) is 2. The Balaban J connectivity index is 2.47. The Morgan fingerprint density at radius 2 is 2.07 bits per heavy atom. The molecule has 3 nitrogen and oxygen atoms in total. The van der Waals surface area contributed by atoms with E-state index in [1.54, 1.807) is 0 Å². The highest BCUT2D eigenvalue weighted by molar-refractivity contribution is 5.26. The molecular weight excluding hydrogens is 186 g/mol. The molecule has 1 aromatic rings. The van der Waals surface area contributed by atoms with Crippen LogP contribution < -0.4 is 5.32 Å². The third kappa shape index (κ3) is 3.94. The second kappa shape index (κ2) is 4.69. The lowest BCUT2D eigenvalue weighted by atomic mass is 9.92. The maximum absolute atomic E-state index is 4.31. The Morgan fingerprint density at radius 1 is 1.40 bits per heavy atom. The molecule has 0 saturated carbocycles. The minimum Gasteiger partial charge on any atom is -0.356 e. The number of anilines is 1. The average Bonchev–Trinajstić information content (AvgIpc) is 2.49. The fourth-order valence-electron chi connectivity index (χ4n) is 1.42. The maximum Gasteiger partial charge on any atom is 0.203 e. The summed E-state index contributed by atoms with van der Waals surface area (Å²) in [4.78, 5) is 4.31. The highest BCUT2D eigenvalue weighted by atomic mass is 15.2. The first-order chi connectivity index (χ1) is 6.90. The fraction of sp³-hybridized carbons (Fsp3) is 0.750. The van der Waals surface area contributed by atoms with Crippen molar-refractivity contribution in [2.24, 2.45) is 5.41 Å². The van der Waals surface area contributed by atoms with Gasteiger partial charge in [0.1, 0.15) is 0 Å². The SMILES string of the molecule is CC(C)n1ccnc1NCCC(C)(C)C. The summed E-state index contributed by atoms with van der Waals surface area (Å²) in [6, 6.07) is 0.463. The molecule has 1 rings (SSSR count). The minimum absolute atomic E-state index is 0.377. The molecule has 0 radical (unpaired) electrons. The van der Waals surface area contributed by atoms with Gasteiger partial charge in [0, 0.05) is 25.0 Å². The van der Waals surface area contributed by atoms with Crippen molar-refractivity contribution >= 4 is 5.95 Å². The molecule has 0 spiro atoms. The molecule has 0 fully saturated rings. The highest BCUT2D eigenvalue weighted by Gasteiger charge is 2.10. The van der Waals surface area contributed by atoms with Crippen molar-refractivity contribution in [2.45, 2.75) is 47.1 Å². The van der Waals surface area contributed by atoms with Gasteiger partial charge in [-0.15, -0.1) is 0 Å². The lowest BCUT2D eigenvalue weighted by Gasteiger charge is -2.19. The smallest absolute Gasteiger partial charge is 0.203 e. The van der Waals surface area contributed by atoms with Crippen LogP contribution in [0.5, 0.6) is 0 Å². The lowest BCUT2D eigenvalue weighted by molar-refractivity contribution is 0.389. The van der Waals surface area contributed by atoms with Crippen LogP contribution in [0.15, 0.2) is 12.4 Å². The molecule has 3 heteroatoms. The first kappa shape index (κ1) is 12.1. The van der Waals surface area contributed by atoms with Gasteiger partial charge in [0.25, 0.3) is 0 Å². The van der Waals surface area contributed by atoms with Gasteiger partial charge in [0.05, 0.1) is 0 Å². The van der Waals surface area contributed by atoms with Crippen molar-refractivity contribution < 1.29 is 0 Å². The van der Waals surface area contributed by atoms with Crippen molar-refractivity contribution in [3.05, 3.63) is 12.4 Å². The van der Waals surface area contributed by atoms with Crippen molar-refractivity contribution in [3.63, 3.8) is 0 Å². The molecule has 1 aromatic heterocycles. The molecule has 0 aliphatic heterocycles. The van der Waals surface area contributed by atoms with Crippen LogP contribution in [0.3, 0.4) is 0 Å². The Kier molecular flexibility index (Phi) is 3.77. The average molecular weight is 209 g/mol. The van der Waals surface area contributed by atoms with Gasteiger partial charge >= 0.3 is 0 Å². The van der Waals surface area contributed by atoms with Gasteiger partial charge in [-0.25, -0.2) is 4.98 Å². The van der Waals surface area contributed by atoms with Crippen LogP contribution in [0.25, 0.3) is 0 Å². The summed E-state index contributed by atoms with van der Waals surface area (Å²) in [5, 5.41) is 3.38. The monoisotopic (exact) mass is 209 g/mol. The van der Waals surface area contributed by atoms with Crippen LogP contribution in [0.4, 0.5) is 5.95 Å². The van der Waals surface area contributed by atoms with E-state index < -0.39 is 0 Å². The fourth-order valence-corrected chi connectivity index (χ4v) is 1.42. The number of hydrogen-bond donors (Lipinski definition) is 1. The van der Waals surface area contributed by atoms with E-state index in [-0.39, 0.29) is 0 Å². The highest BCUT2D eigenvalue weighted by Crippen LogP contribution is 2.19. The summed E-state index contributed by atoms with van der Waals surface area (Å²) in [6.07, 6.45) is 5.02. The van der Waals surface area contributed by atoms with Crippen molar-refractivity contribution in [1.82, 2.24) is 9.55 Å². The Morgan fingerprint density at radius 3 is 2.60 bits per heavy atom. The van der Waals surface area contributed by atoms with Gasteiger partial charge in [-0.1, -0.05) is 20.8 Å². The topological polar surface area (TPSA) is 29.9 Å². The van der Waals surface area contributed by atoms with Gasteiger partial charge in [-0.05, 0) is 25.7 Å². The van der Waals surface area contributed by atoms with Gasteiger partial charge < -0.3 is 9.88 Å². The Bertz CT molecular complexity index is 294. The molecule has 0 aliphatic rings. The van der Waals surface area contributed by atoms with E-state index in [1.165, 1.54) is 0 Å².